The van der Waals surface area contributed by atoms with E-state index in [1.54, 1.807) is 6.07 Å². The van der Waals surface area contributed by atoms with Gasteiger partial charge < -0.3 is 26.3 Å². The second-order valence-corrected chi connectivity index (χ2v) is 9.31. The van der Waals surface area contributed by atoms with E-state index in [9.17, 15) is 9.59 Å². The zero-order valence-corrected chi connectivity index (χ0v) is 21.1. The van der Waals surface area contributed by atoms with Gasteiger partial charge in [-0.1, -0.05) is 31.5 Å². The number of nitrogens with zero attached hydrogens (tertiary/aromatic N) is 2. The van der Waals surface area contributed by atoms with E-state index in [0.29, 0.717) is 35.1 Å². The van der Waals surface area contributed by atoms with Crippen LogP contribution in [0.5, 0.6) is 11.5 Å². The van der Waals surface area contributed by atoms with E-state index in [0.717, 1.165) is 24.0 Å². The fourth-order valence-corrected chi connectivity index (χ4v) is 3.97. The van der Waals surface area contributed by atoms with Crippen LogP contribution in [0.25, 0.3) is 5.69 Å². The lowest BCUT2D eigenvalue weighted by atomic mass is 10.1. The third-order valence-corrected chi connectivity index (χ3v) is 5.93. The van der Waals surface area contributed by atoms with Gasteiger partial charge in [-0.15, -0.1) is 0 Å². The van der Waals surface area contributed by atoms with Crippen LogP contribution < -0.4 is 26.3 Å². The maximum atomic E-state index is 13.0. The third kappa shape index (κ3) is 5.30. The van der Waals surface area contributed by atoms with Crippen molar-refractivity contribution in [3.63, 3.8) is 0 Å². The van der Waals surface area contributed by atoms with Gasteiger partial charge in [0.25, 0.3) is 11.8 Å². The molecule has 9 nitrogen and oxygen atoms in total. The standard InChI is InChI=1S/C27H33N5O4/c1-5-35-22-13-17(7-10-20(22)32-25(26(29)33)23(28)24(31-32)15(2)3)14-30-27(34)19-12-16(4)6-11-21(19)36-18-8-9-18/h6-7,10-13,15,18H,5,8-9,14,28H2,1-4H3,(H2,29,33)(H,30,34). The summed E-state index contributed by atoms with van der Waals surface area (Å²) in [6.45, 7) is 8.36. The van der Waals surface area contributed by atoms with Gasteiger partial charge in [0, 0.05) is 6.54 Å². The van der Waals surface area contributed by atoms with Crippen molar-refractivity contribution in [2.45, 2.75) is 59.1 Å². The number of ether oxygens (including phenoxy) is 2. The Balaban J connectivity index is 1.60. The molecule has 1 aliphatic rings. The van der Waals surface area contributed by atoms with E-state index >= 15 is 0 Å². The van der Waals surface area contributed by atoms with Gasteiger partial charge in [0.05, 0.1) is 29.7 Å². The fraction of sp³-hybridized carbons (Fsp3) is 0.370. The first kappa shape index (κ1) is 25.1. The van der Waals surface area contributed by atoms with Crippen LogP contribution in [0.2, 0.25) is 0 Å². The monoisotopic (exact) mass is 491 g/mol. The minimum absolute atomic E-state index is 0.00443. The number of benzene rings is 2. The van der Waals surface area contributed by atoms with Gasteiger partial charge in [0.15, 0.2) is 5.69 Å². The van der Waals surface area contributed by atoms with E-state index in [4.69, 9.17) is 20.9 Å². The average molecular weight is 492 g/mol. The highest BCUT2D eigenvalue weighted by atomic mass is 16.5. The summed E-state index contributed by atoms with van der Waals surface area (Å²) in [5.74, 6) is 0.215. The lowest BCUT2D eigenvalue weighted by Gasteiger charge is -2.15. The lowest BCUT2D eigenvalue weighted by molar-refractivity contribution is 0.0944. The molecule has 0 spiro atoms. The molecule has 0 unspecified atom stereocenters. The first-order chi connectivity index (χ1) is 17.2. The highest BCUT2D eigenvalue weighted by Crippen LogP contribution is 2.32. The van der Waals surface area contributed by atoms with Crippen molar-refractivity contribution in [3.8, 4) is 17.2 Å². The number of nitrogens with two attached hydrogens (primary N) is 2. The Bertz CT molecular complexity index is 1290. The molecule has 1 aliphatic carbocycles. The number of aromatic nitrogens is 2. The van der Waals surface area contributed by atoms with Gasteiger partial charge in [0.1, 0.15) is 17.2 Å². The molecule has 2 aromatic carbocycles. The molecule has 5 N–H and O–H groups in total. The van der Waals surface area contributed by atoms with Gasteiger partial charge >= 0.3 is 0 Å². The van der Waals surface area contributed by atoms with E-state index < -0.39 is 5.91 Å². The number of amides is 2. The summed E-state index contributed by atoms with van der Waals surface area (Å²) in [6.07, 6.45) is 2.22. The number of nitrogen functional groups attached to an aromatic ring is 1. The van der Waals surface area contributed by atoms with Crippen LogP contribution in [-0.2, 0) is 6.54 Å². The second kappa shape index (κ2) is 10.3. The maximum absolute atomic E-state index is 13.0. The quantitative estimate of drug-likeness (QED) is 0.394. The Kier molecular flexibility index (Phi) is 7.19. The molecular weight excluding hydrogens is 458 g/mol. The van der Waals surface area contributed by atoms with Crippen LogP contribution in [0.4, 0.5) is 5.69 Å². The van der Waals surface area contributed by atoms with E-state index in [1.165, 1.54) is 4.68 Å². The number of carbonyl (C=O) groups excluding carboxylic acids is 2. The zero-order valence-electron chi connectivity index (χ0n) is 21.1. The molecule has 3 aromatic rings. The van der Waals surface area contributed by atoms with Crippen molar-refractivity contribution in [3.05, 3.63) is 64.5 Å². The Hall–Kier alpha value is -4.01. The summed E-state index contributed by atoms with van der Waals surface area (Å²) in [6, 6.07) is 11.1. The Morgan fingerprint density at radius 3 is 2.56 bits per heavy atom. The van der Waals surface area contributed by atoms with Crippen molar-refractivity contribution in [1.29, 1.82) is 0 Å². The van der Waals surface area contributed by atoms with Gasteiger partial charge in [-0.25, -0.2) is 4.68 Å². The highest BCUT2D eigenvalue weighted by molar-refractivity contribution is 5.98. The molecule has 9 heteroatoms. The molecule has 1 heterocycles. The van der Waals surface area contributed by atoms with Crippen LogP contribution >= 0.6 is 0 Å². The average Bonchev–Trinajstić information content (AvgIpc) is 3.58. The van der Waals surface area contributed by atoms with E-state index in [2.05, 4.69) is 10.4 Å². The second-order valence-electron chi connectivity index (χ2n) is 9.31. The molecule has 1 saturated carbocycles. The number of nitrogens with one attached hydrogen (secondary N) is 1. The minimum Gasteiger partial charge on any atom is -0.492 e. The largest absolute Gasteiger partial charge is 0.492 e. The van der Waals surface area contributed by atoms with Crippen molar-refractivity contribution in [2.75, 3.05) is 12.3 Å². The van der Waals surface area contributed by atoms with Gasteiger partial charge in [-0.2, -0.15) is 5.10 Å². The maximum Gasteiger partial charge on any atom is 0.269 e. The van der Waals surface area contributed by atoms with Crippen molar-refractivity contribution in [1.82, 2.24) is 15.1 Å². The number of aryl methyl sites for hydroxylation is 1. The highest BCUT2D eigenvalue weighted by Gasteiger charge is 2.26. The predicted molar refractivity (Wildman–Crippen MR) is 138 cm³/mol. The summed E-state index contributed by atoms with van der Waals surface area (Å²) in [5, 5.41) is 7.53. The Labute approximate surface area is 210 Å². The van der Waals surface area contributed by atoms with Gasteiger partial charge in [0.2, 0.25) is 0 Å². The number of rotatable bonds is 10. The van der Waals surface area contributed by atoms with Crippen molar-refractivity contribution < 1.29 is 19.1 Å². The van der Waals surface area contributed by atoms with Gasteiger partial charge in [-0.05, 0) is 62.4 Å². The summed E-state index contributed by atoms with van der Waals surface area (Å²) in [4.78, 5) is 25.2. The first-order valence-electron chi connectivity index (χ1n) is 12.2. The Morgan fingerprint density at radius 2 is 1.92 bits per heavy atom. The molecular formula is C27H33N5O4. The smallest absolute Gasteiger partial charge is 0.269 e. The van der Waals surface area contributed by atoms with Crippen LogP contribution in [0.3, 0.4) is 0 Å². The topological polar surface area (TPSA) is 134 Å². The van der Waals surface area contributed by atoms with Gasteiger partial charge in [-0.3, -0.25) is 9.59 Å². The SMILES string of the molecule is CCOc1cc(CNC(=O)c2cc(C)ccc2OC2CC2)ccc1-n1nc(C(C)C)c(N)c1C(N)=O. The number of hydrogen-bond acceptors (Lipinski definition) is 6. The number of anilines is 1. The molecule has 0 atom stereocenters. The lowest BCUT2D eigenvalue weighted by Crippen LogP contribution is -2.24. The molecule has 1 aromatic heterocycles. The summed E-state index contributed by atoms with van der Waals surface area (Å²) >= 11 is 0. The molecule has 0 aliphatic heterocycles. The summed E-state index contributed by atoms with van der Waals surface area (Å²) in [7, 11) is 0. The molecule has 0 radical (unpaired) electrons. The van der Waals surface area contributed by atoms with Crippen LogP contribution in [0.15, 0.2) is 36.4 Å². The minimum atomic E-state index is -0.673. The molecule has 0 bridgehead atoms. The molecule has 2 amide bonds. The number of primary amides is 1. The number of carbonyl (C=O) groups is 2. The van der Waals surface area contributed by atoms with Crippen LogP contribution in [0, 0.1) is 6.92 Å². The molecule has 4 rings (SSSR count). The predicted octanol–water partition coefficient (Wildman–Crippen LogP) is 3.86. The first-order valence-corrected chi connectivity index (χ1v) is 12.2. The fourth-order valence-electron chi connectivity index (χ4n) is 3.97. The zero-order chi connectivity index (χ0) is 26.0. The number of hydrogen-bond donors (Lipinski definition) is 3. The van der Waals surface area contributed by atoms with E-state index in [-0.39, 0.29) is 35.9 Å². The molecule has 36 heavy (non-hydrogen) atoms. The Morgan fingerprint density at radius 1 is 1.17 bits per heavy atom. The summed E-state index contributed by atoms with van der Waals surface area (Å²) in [5.41, 5.74) is 15.7. The third-order valence-electron chi connectivity index (χ3n) is 5.93. The van der Waals surface area contributed by atoms with E-state index in [1.807, 2.05) is 58.0 Å². The van der Waals surface area contributed by atoms with Crippen molar-refractivity contribution >= 4 is 17.5 Å². The molecule has 190 valence electrons. The summed E-state index contributed by atoms with van der Waals surface area (Å²) < 4.78 is 13.2. The molecule has 0 saturated heterocycles. The van der Waals surface area contributed by atoms with Crippen LogP contribution in [0.1, 0.15) is 77.2 Å². The normalized spacial score (nSPS) is 13.0. The van der Waals surface area contributed by atoms with Crippen LogP contribution in [-0.4, -0.2) is 34.3 Å². The molecule has 1 fully saturated rings. The van der Waals surface area contributed by atoms with Crippen molar-refractivity contribution in [2.24, 2.45) is 5.73 Å².